The second-order valence-corrected chi connectivity index (χ2v) is 9.33. The van der Waals surface area contributed by atoms with Crippen LogP contribution in [0.2, 0.25) is 5.02 Å². The summed E-state index contributed by atoms with van der Waals surface area (Å²) in [4.78, 5) is 8.32. The molecule has 6 nitrogen and oxygen atoms in total. The fourth-order valence-electron chi connectivity index (χ4n) is 3.14. The number of halogens is 1. The van der Waals surface area contributed by atoms with E-state index in [2.05, 4.69) is 9.97 Å². The Kier molecular flexibility index (Phi) is 6.34. The molecule has 8 heteroatoms. The minimum atomic E-state index is -3.34. The summed E-state index contributed by atoms with van der Waals surface area (Å²) in [5.74, 6) is 0.907. The summed E-state index contributed by atoms with van der Waals surface area (Å²) in [7, 11) is -3.34. The summed E-state index contributed by atoms with van der Waals surface area (Å²) in [6, 6.07) is 7.00. The van der Waals surface area contributed by atoms with Gasteiger partial charge in [0.15, 0.2) is 0 Å². The van der Waals surface area contributed by atoms with Gasteiger partial charge in [-0.3, -0.25) is 0 Å². The molecule has 27 heavy (non-hydrogen) atoms. The van der Waals surface area contributed by atoms with Gasteiger partial charge < -0.3 is 4.74 Å². The van der Waals surface area contributed by atoms with Crippen LogP contribution in [0.25, 0.3) is 0 Å². The standard InChI is InChI=1S/C19H24ClN3O3S/c1-14-15(2)21-13-22-19(14)26-11-16-6-8-23(9-7-16)27(24,25)12-17-4-3-5-18(20)10-17/h3-5,10,13,16H,6-9,11-12H2,1-2H3. The van der Waals surface area contributed by atoms with Crippen LogP contribution in [0.3, 0.4) is 0 Å². The summed E-state index contributed by atoms with van der Waals surface area (Å²) < 4.78 is 32.8. The topological polar surface area (TPSA) is 72.4 Å². The smallest absolute Gasteiger partial charge is 0.219 e. The first-order valence-electron chi connectivity index (χ1n) is 8.98. The van der Waals surface area contributed by atoms with Crippen LogP contribution < -0.4 is 4.74 Å². The number of sulfonamides is 1. The zero-order chi connectivity index (χ0) is 19.4. The van der Waals surface area contributed by atoms with E-state index in [1.807, 2.05) is 13.8 Å². The second kappa shape index (κ2) is 8.54. The molecular weight excluding hydrogens is 386 g/mol. The fraction of sp³-hybridized carbons (Fsp3) is 0.474. The Morgan fingerprint density at radius 3 is 2.67 bits per heavy atom. The molecule has 1 aliphatic rings. The maximum Gasteiger partial charge on any atom is 0.219 e. The van der Waals surface area contributed by atoms with E-state index in [4.69, 9.17) is 16.3 Å². The van der Waals surface area contributed by atoms with Crippen LogP contribution in [0.4, 0.5) is 0 Å². The number of ether oxygens (including phenoxy) is 1. The van der Waals surface area contributed by atoms with Gasteiger partial charge in [0.25, 0.3) is 0 Å². The molecule has 0 aliphatic carbocycles. The number of piperidine rings is 1. The van der Waals surface area contributed by atoms with E-state index in [0.717, 1.165) is 24.1 Å². The molecule has 0 unspecified atom stereocenters. The van der Waals surface area contributed by atoms with E-state index in [1.165, 1.54) is 6.33 Å². The molecule has 2 aromatic rings. The summed E-state index contributed by atoms with van der Waals surface area (Å²) in [5.41, 5.74) is 2.56. The van der Waals surface area contributed by atoms with Gasteiger partial charge in [-0.15, -0.1) is 0 Å². The number of nitrogens with zero attached hydrogens (tertiary/aromatic N) is 3. The third-order valence-electron chi connectivity index (χ3n) is 4.95. The molecule has 0 spiro atoms. The first-order valence-corrected chi connectivity index (χ1v) is 11.0. The SMILES string of the molecule is Cc1ncnc(OCC2CCN(S(=O)(=O)Cc3cccc(Cl)c3)CC2)c1C. The molecule has 3 rings (SSSR count). The van der Waals surface area contributed by atoms with Crippen molar-refractivity contribution in [3.05, 3.63) is 52.4 Å². The maximum absolute atomic E-state index is 12.7. The summed E-state index contributed by atoms with van der Waals surface area (Å²) in [5, 5.41) is 0.550. The van der Waals surface area contributed by atoms with Crippen molar-refractivity contribution in [1.29, 1.82) is 0 Å². The summed E-state index contributed by atoms with van der Waals surface area (Å²) in [6.45, 7) is 5.43. The molecule has 1 aromatic heterocycles. The minimum absolute atomic E-state index is 0.0197. The van der Waals surface area contributed by atoms with E-state index >= 15 is 0 Å². The lowest BCUT2D eigenvalue weighted by Crippen LogP contribution is -2.40. The molecule has 2 heterocycles. The van der Waals surface area contributed by atoms with Gasteiger partial charge in [-0.1, -0.05) is 23.7 Å². The highest BCUT2D eigenvalue weighted by Gasteiger charge is 2.28. The van der Waals surface area contributed by atoms with E-state index in [1.54, 1.807) is 28.6 Å². The predicted octanol–water partition coefficient (Wildman–Crippen LogP) is 3.37. The highest BCUT2D eigenvalue weighted by Crippen LogP contribution is 2.24. The Bertz CT molecular complexity index is 897. The molecule has 0 radical (unpaired) electrons. The van der Waals surface area contributed by atoms with Crippen LogP contribution >= 0.6 is 11.6 Å². The number of aryl methyl sites for hydroxylation is 1. The molecule has 0 N–H and O–H groups in total. The first kappa shape index (κ1) is 20.0. The molecular formula is C19H24ClN3O3S. The number of hydrogen-bond acceptors (Lipinski definition) is 5. The lowest BCUT2D eigenvalue weighted by molar-refractivity contribution is 0.180. The molecule has 0 saturated carbocycles. The van der Waals surface area contributed by atoms with E-state index in [-0.39, 0.29) is 5.75 Å². The second-order valence-electron chi connectivity index (χ2n) is 6.93. The van der Waals surface area contributed by atoms with Gasteiger partial charge in [0.05, 0.1) is 12.4 Å². The van der Waals surface area contributed by atoms with Gasteiger partial charge in [-0.05, 0) is 50.3 Å². The van der Waals surface area contributed by atoms with Gasteiger partial charge in [0.2, 0.25) is 15.9 Å². The molecule has 0 bridgehead atoms. The average Bonchev–Trinajstić information content (AvgIpc) is 2.63. The molecule has 1 aromatic carbocycles. The third-order valence-corrected chi connectivity index (χ3v) is 7.04. The monoisotopic (exact) mass is 409 g/mol. The van der Waals surface area contributed by atoms with Crippen LogP contribution in [0, 0.1) is 19.8 Å². The molecule has 1 saturated heterocycles. The normalized spacial score (nSPS) is 16.4. The van der Waals surface area contributed by atoms with Crippen molar-refractivity contribution in [2.24, 2.45) is 5.92 Å². The zero-order valence-electron chi connectivity index (χ0n) is 15.6. The summed E-state index contributed by atoms with van der Waals surface area (Å²) in [6.07, 6.45) is 3.05. The number of aromatic nitrogens is 2. The molecule has 0 amide bonds. The van der Waals surface area contributed by atoms with E-state index < -0.39 is 10.0 Å². The molecule has 1 aliphatic heterocycles. The largest absolute Gasteiger partial charge is 0.477 e. The van der Waals surface area contributed by atoms with Crippen molar-refractivity contribution < 1.29 is 13.2 Å². The zero-order valence-corrected chi connectivity index (χ0v) is 17.1. The van der Waals surface area contributed by atoms with Gasteiger partial charge in [-0.25, -0.2) is 22.7 Å². The quantitative estimate of drug-likeness (QED) is 0.731. The van der Waals surface area contributed by atoms with Gasteiger partial charge >= 0.3 is 0 Å². The van der Waals surface area contributed by atoms with Crippen LogP contribution in [0.1, 0.15) is 29.7 Å². The van der Waals surface area contributed by atoms with Crippen LogP contribution in [-0.2, 0) is 15.8 Å². The minimum Gasteiger partial charge on any atom is -0.477 e. The fourth-order valence-corrected chi connectivity index (χ4v) is 4.90. The molecule has 0 atom stereocenters. The Morgan fingerprint density at radius 1 is 1.22 bits per heavy atom. The van der Waals surface area contributed by atoms with Gasteiger partial charge in [-0.2, -0.15) is 0 Å². The van der Waals surface area contributed by atoms with Crippen molar-refractivity contribution in [2.45, 2.75) is 32.4 Å². The number of rotatable bonds is 6. The number of benzene rings is 1. The van der Waals surface area contributed by atoms with Crippen molar-refractivity contribution in [3.63, 3.8) is 0 Å². The average molecular weight is 410 g/mol. The van der Waals surface area contributed by atoms with E-state index in [9.17, 15) is 8.42 Å². The highest BCUT2D eigenvalue weighted by molar-refractivity contribution is 7.88. The van der Waals surface area contributed by atoms with Crippen LogP contribution in [-0.4, -0.2) is 42.4 Å². The van der Waals surface area contributed by atoms with Gasteiger partial charge in [0.1, 0.15) is 6.33 Å². The maximum atomic E-state index is 12.7. The van der Waals surface area contributed by atoms with Crippen molar-refractivity contribution in [1.82, 2.24) is 14.3 Å². The number of hydrogen-bond donors (Lipinski definition) is 0. The lowest BCUT2D eigenvalue weighted by atomic mass is 9.99. The molecule has 1 fully saturated rings. The van der Waals surface area contributed by atoms with E-state index in [0.29, 0.717) is 42.1 Å². The lowest BCUT2D eigenvalue weighted by Gasteiger charge is -2.31. The van der Waals surface area contributed by atoms with Crippen molar-refractivity contribution in [3.8, 4) is 5.88 Å². The summed E-state index contributed by atoms with van der Waals surface area (Å²) >= 11 is 5.95. The molecule has 146 valence electrons. The van der Waals surface area contributed by atoms with Crippen LogP contribution in [0.15, 0.2) is 30.6 Å². The Balaban J connectivity index is 1.53. The Hall–Kier alpha value is -1.70. The van der Waals surface area contributed by atoms with Crippen molar-refractivity contribution >= 4 is 21.6 Å². The highest BCUT2D eigenvalue weighted by atomic mass is 35.5. The first-order chi connectivity index (χ1) is 12.8. The third kappa shape index (κ3) is 5.18. The van der Waals surface area contributed by atoms with Gasteiger partial charge in [0, 0.05) is 29.4 Å². The van der Waals surface area contributed by atoms with Crippen molar-refractivity contribution in [2.75, 3.05) is 19.7 Å². The van der Waals surface area contributed by atoms with Crippen LogP contribution in [0.5, 0.6) is 5.88 Å². The predicted molar refractivity (Wildman–Crippen MR) is 105 cm³/mol. The Labute approximate surface area is 165 Å². The Morgan fingerprint density at radius 2 is 1.96 bits per heavy atom.